The fourth-order valence-corrected chi connectivity index (χ4v) is 4.45. The lowest BCUT2D eigenvalue weighted by Crippen LogP contribution is -2.53. The van der Waals surface area contributed by atoms with Crippen LogP contribution in [0.2, 0.25) is 0 Å². The van der Waals surface area contributed by atoms with Crippen LogP contribution < -0.4 is 16.4 Å². The third kappa shape index (κ3) is 8.30. The van der Waals surface area contributed by atoms with E-state index in [1.165, 1.54) is 0 Å². The number of benzene rings is 2. The Morgan fingerprint density at radius 2 is 1.67 bits per heavy atom. The maximum atomic E-state index is 14.2. The Hall–Kier alpha value is -3.88. The van der Waals surface area contributed by atoms with Gasteiger partial charge in [-0.2, -0.15) is 0 Å². The summed E-state index contributed by atoms with van der Waals surface area (Å²) in [6.45, 7) is 11.0. The number of anilines is 1. The van der Waals surface area contributed by atoms with E-state index < -0.39 is 35.6 Å². The number of hydrogen-bond donors (Lipinski definition) is 3. The molecule has 2 aromatic carbocycles. The number of carbonyl (C=O) groups excluding carboxylic acids is 4. The third-order valence-corrected chi connectivity index (χ3v) is 6.67. The molecule has 0 saturated heterocycles. The SMILES string of the molecule is Cc1ccc(C(C(=O)Nc2ccccc2C)N(C(=O)C(CCC(N)=O)NC(=O)OC(C)(C)C)C2CC2C)cc1. The molecule has 39 heavy (non-hydrogen) atoms. The molecule has 1 aliphatic rings. The van der Waals surface area contributed by atoms with Gasteiger partial charge in [0.15, 0.2) is 0 Å². The summed E-state index contributed by atoms with van der Waals surface area (Å²) in [6, 6.07) is 12.6. The molecule has 210 valence electrons. The smallest absolute Gasteiger partial charge is 0.408 e. The van der Waals surface area contributed by atoms with Crippen molar-refractivity contribution in [3.05, 3.63) is 65.2 Å². The molecule has 1 saturated carbocycles. The molecule has 2 aromatic rings. The van der Waals surface area contributed by atoms with E-state index in [4.69, 9.17) is 10.5 Å². The van der Waals surface area contributed by atoms with Crippen LogP contribution in [0.5, 0.6) is 0 Å². The van der Waals surface area contributed by atoms with Gasteiger partial charge in [-0.25, -0.2) is 4.79 Å². The number of rotatable bonds is 10. The molecule has 9 heteroatoms. The molecule has 0 aromatic heterocycles. The van der Waals surface area contributed by atoms with Crippen LogP contribution in [0.3, 0.4) is 0 Å². The summed E-state index contributed by atoms with van der Waals surface area (Å²) in [4.78, 5) is 54.0. The Bertz CT molecular complexity index is 1200. The average Bonchev–Trinajstić information content (AvgIpc) is 3.56. The molecule has 0 spiro atoms. The van der Waals surface area contributed by atoms with Gasteiger partial charge in [-0.05, 0) is 70.6 Å². The largest absolute Gasteiger partial charge is 0.444 e. The number of primary amides is 1. The van der Waals surface area contributed by atoms with Gasteiger partial charge in [0.1, 0.15) is 17.7 Å². The maximum absolute atomic E-state index is 14.2. The van der Waals surface area contributed by atoms with Crippen molar-refractivity contribution in [3.8, 4) is 0 Å². The lowest BCUT2D eigenvalue weighted by molar-refractivity contribution is -0.142. The van der Waals surface area contributed by atoms with Gasteiger partial charge in [0.25, 0.3) is 5.91 Å². The highest BCUT2D eigenvalue weighted by atomic mass is 16.6. The molecule has 0 radical (unpaired) electrons. The fraction of sp³-hybridized carbons (Fsp3) is 0.467. The highest BCUT2D eigenvalue weighted by Crippen LogP contribution is 2.41. The minimum Gasteiger partial charge on any atom is -0.444 e. The second-order valence-electron chi connectivity index (χ2n) is 11.3. The zero-order chi connectivity index (χ0) is 28.9. The summed E-state index contributed by atoms with van der Waals surface area (Å²) < 4.78 is 5.38. The number of carbonyl (C=O) groups is 4. The van der Waals surface area contributed by atoms with Crippen molar-refractivity contribution in [3.63, 3.8) is 0 Å². The Labute approximate surface area is 230 Å². The molecule has 0 heterocycles. The normalized spacial score (nSPS) is 17.9. The van der Waals surface area contributed by atoms with Gasteiger partial charge in [0.2, 0.25) is 11.8 Å². The highest BCUT2D eigenvalue weighted by molar-refractivity contribution is 5.99. The number of nitrogens with zero attached hydrogens (tertiary/aromatic N) is 1. The molecule has 4 amide bonds. The van der Waals surface area contributed by atoms with Crippen LogP contribution in [-0.4, -0.2) is 46.4 Å². The van der Waals surface area contributed by atoms with Gasteiger partial charge >= 0.3 is 6.09 Å². The van der Waals surface area contributed by atoms with Gasteiger partial charge in [0.05, 0.1) is 0 Å². The molecule has 9 nitrogen and oxygen atoms in total. The standard InChI is InChI=1S/C30H40N4O5/c1-18-11-13-21(14-12-18)26(27(36)32-22-10-8-7-9-19(22)2)34(24-17-20(24)3)28(37)23(15-16-25(31)35)33-29(38)39-30(4,5)6/h7-14,20,23-24,26H,15-17H2,1-6H3,(H2,31,35)(H,32,36)(H,33,38). The molecular formula is C30H40N4O5. The van der Waals surface area contributed by atoms with Crippen molar-refractivity contribution in [2.75, 3.05) is 5.32 Å². The van der Waals surface area contributed by atoms with E-state index in [1.54, 1.807) is 25.7 Å². The van der Waals surface area contributed by atoms with Crippen LogP contribution in [0.25, 0.3) is 0 Å². The minimum atomic E-state index is -1.11. The molecule has 1 aliphatic carbocycles. The van der Waals surface area contributed by atoms with Crippen molar-refractivity contribution < 1.29 is 23.9 Å². The van der Waals surface area contributed by atoms with E-state index in [-0.39, 0.29) is 30.7 Å². The minimum absolute atomic E-state index is 0.0228. The van der Waals surface area contributed by atoms with Crippen LogP contribution in [0.15, 0.2) is 48.5 Å². The number of nitrogens with two attached hydrogens (primary N) is 1. The number of amides is 4. The van der Waals surface area contributed by atoms with Gasteiger partial charge in [-0.15, -0.1) is 0 Å². The Morgan fingerprint density at radius 1 is 1.05 bits per heavy atom. The van der Waals surface area contributed by atoms with Gasteiger partial charge in [0, 0.05) is 18.2 Å². The molecule has 4 N–H and O–H groups in total. The summed E-state index contributed by atoms with van der Waals surface area (Å²) in [6.07, 6.45) is -0.221. The first-order chi connectivity index (χ1) is 18.3. The second kappa shape index (κ2) is 12.3. The average molecular weight is 537 g/mol. The summed E-state index contributed by atoms with van der Waals surface area (Å²) in [5, 5.41) is 5.63. The molecule has 0 bridgehead atoms. The van der Waals surface area contributed by atoms with E-state index in [2.05, 4.69) is 10.6 Å². The highest BCUT2D eigenvalue weighted by Gasteiger charge is 2.48. The topological polar surface area (TPSA) is 131 Å². The molecule has 4 unspecified atom stereocenters. The summed E-state index contributed by atoms with van der Waals surface area (Å²) in [5.41, 5.74) is 7.79. The number of aryl methyl sites for hydroxylation is 2. The lowest BCUT2D eigenvalue weighted by atomic mass is 9.99. The van der Waals surface area contributed by atoms with Crippen molar-refractivity contribution >= 4 is 29.5 Å². The van der Waals surface area contributed by atoms with Gasteiger partial charge in [-0.3, -0.25) is 14.4 Å². The van der Waals surface area contributed by atoms with E-state index >= 15 is 0 Å². The summed E-state index contributed by atoms with van der Waals surface area (Å²) in [5.74, 6) is -1.28. The van der Waals surface area contributed by atoms with E-state index in [1.807, 2.05) is 69.3 Å². The number of hydrogen-bond acceptors (Lipinski definition) is 5. The van der Waals surface area contributed by atoms with E-state index in [0.717, 1.165) is 11.1 Å². The van der Waals surface area contributed by atoms with Crippen LogP contribution >= 0.6 is 0 Å². The summed E-state index contributed by atoms with van der Waals surface area (Å²) in [7, 11) is 0. The first-order valence-corrected chi connectivity index (χ1v) is 13.3. The molecule has 0 aliphatic heterocycles. The van der Waals surface area contributed by atoms with Gasteiger partial charge in [-0.1, -0.05) is 55.0 Å². The predicted molar refractivity (Wildman–Crippen MR) is 150 cm³/mol. The van der Waals surface area contributed by atoms with Crippen molar-refractivity contribution in [2.24, 2.45) is 11.7 Å². The first-order valence-electron chi connectivity index (χ1n) is 13.3. The zero-order valence-electron chi connectivity index (χ0n) is 23.6. The fourth-order valence-electron chi connectivity index (χ4n) is 4.45. The monoisotopic (exact) mass is 536 g/mol. The third-order valence-electron chi connectivity index (χ3n) is 6.67. The molecule has 4 atom stereocenters. The van der Waals surface area contributed by atoms with Crippen LogP contribution in [0, 0.1) is 19.8 Å². The molecular weight excluding hydrogens is 496 g/mol. The molecule has 1 fully saturated rings. The van der Waals surface area contributed by atoms with E-state index in [0.29, 0.717) is 17.7 Å². The number of alkyl carbamates (subject to hydrolysis) is 1. The van der Waals surface area contributed by atoms with Crippen molar-refractivity contribution in [1.29, 1.82) is 0 Å². The lowest BCUT2D eigenvalue weighted by Gasteiger charge is -2.35. The second-order valence-corrected chi connectivity index (χ2v) is 11.3. The van der Waals surface area contributed by atoms with Crippen LogP contribution in [0.4, 0.5) is 10.5 Å². The number of para-hydroxylation sites is 1. The summed E-state index contributed by atoms with van der Waals surface area (Å²) >= 11 is 0. The number of nitrogens with one attached hydrogen (secondary N) is 2. The van der Waals surface area contributed by atoms with Crippen molar-refractivity contribution in [1.82, 2.24) is 10.2 Å². The molecule has 3 rings (SSSR count). The quantitative estimate of drug-likeness (QED) is 0.415. The predicted octanol–water partition coefficient (Wildman–Crippen LogP) is 4.38. The van der Waals surface area contributed by atoms with E-state index in [9.17, 15) is 19.2 Å². The zero-order valence-corrected chi connectivity index (χ0v) is 23.6. The van der Waals surface area contributed by atoms with Gasteiger partial charge < -0.3 is 26.0 Å². The van der Waals surface area contributed by atoms with Crippen molar-refractivity contribution in [2.45, 2.75) is 84.5 Å². The Kier molecular flexibility index (Phi) is 9.37. The van der Waals surface area contributed by atoms with Crippen LogP contribution in [0.1, 0.15) is 69.7 Å². The Morgan fingerprint density at radius 3 is 2.21 bits per heavy atom. The maximum Gasteiger partial charge on any atom is 0.408 e. The Balaban J connectivity index is 2.02. The van der Waals surface area contributed by atoms with Crippen LogP contribution in [-0.2, 0) is 19.1 Å². The first kappa shape index (κ1) is 29.7. The number of ether oxygens (including phenoxy) is 1.